The maximum absolute atomic E-state index is 12.4. The second-order valence-corrected chi connectivity index (χ2v) is 8.36. The fourth-order valence-corrected chi connectivity index (χ4v) is 4.32. The maximum atomic E-state index is 12.4. The van der Waals surface area contributed by atoms with Crippen molar-refractivity contribution in [2.45, 2.75) is 33.6 Å². The van der Waals surface area contributed by atoms with Gasteiger partial charge in [-0.3, -0.25) is 4.72 Å². The number of nitrogens with two attached hydrogens (primary N) is 1. The first-order valence-corrected chi connectivity index (χ1v) is 10.7. The van der Waals surface area contributed by atoms with E-state index in [0.717, 1.165) is 29.5 Å². The van der Waals surface area contributed by atoms with Gasteiger partial charge in [-0.1, -0.05) is 69.7 Å². The SMILES string of the molecule is CC/C=C(\c1ccccc1)c1ccc(N)c(NS(=O)(=O)CC(C)CC)c1. The smallest absolute Gasteiger partial charge is 0.233 e. The van der Waals surface area contributed by atoms with E-state index in [-0.39, 0.29) is 11.7 Å². The first kappa shape index (κ1) is 20.0. The Morgan fingerprint density at radius 1 is 1.12 bits per heavy atom. The number of benzene rings is 2. The molecule has 0 radical (unpaired) electrons. The molecular formula is C21H28N2O2S. The molecule has 3 N–H and O–H groups in total. The van der Waals surface area contributed by atoms with E-state index in [9.17, 15) is 8.42 Å². The first-order chi connectivity index (χ1) is 12.4. The number of nitrogens with one attached hydrogen (secondary N) is 1. The molecule has 26 heavy (non-hydrogen) atoms. The molecule has 2 aromatic carbocycles. The number of nitrogen functional groups attached to an aromatic ring is 1. The van der Waals surface area contributed by atoms with E-state index in [4.69, 9.17) is 5.73 Å². The van der Waals surface area contributed by atoms with Gasteiger partial charge in [-0.25, -0.2) is 8.42 Å². The fourth-order valence-electron chi connectivity index (χ4n) is 2.74. The minimum absolute atomic E-state index is 0.0868. The number of hydrogen-bond donors (Lipinski definition) is 2. The van der Waals surface area contributed by atoms with Gasteiger partial charge in [0.2, 0.25) is 10.0 Å². The van der Waals surface area contributed by atoms with Gasteiger partial charge in [0.15, 0.2) is 0 Å². The normalized spacial score (nSPS) is 13.4. The molecule has 1 atom stereocenters. The third-order valence-electron chi connectivity index (χ3n) is 4.32. The fraction of sp³-hybridized carbons (Fsp3) is 0.333. The lowest BCUT2D eigenvalue weighted by Crippen LogP contribution is -2.21. The predicted octanol–water partition coefficient (Wildman–Crippen LogP) is 4.90. The van der Waals surface area contributed by atoms with Crippen molar-refractivity contribution < 1.29 is 8.42 Å². The zero-order valence-electron chi connectivity index (χ0n) is 15.7. The van der Waals surface area contributed by atoms with Crippen LogP contribution in [0.4, 0.5) is 11.4 Å². The van der Waals surface area contributed by atoms with Gasteiger partial charge in [0.05, 0.1) is 17.1 Å². The van der Waals surface area contributed by atoms with Crippen LogP contribution in [-0.2, 0) is 10.0 Å². The Balaban J connectivity index is 2.38. The predicted molar refractivity (Wildman–Crippen MR) is 112 cm³/mol. The monoisotopic (exact) mass is 372 g/mol. The van der Waals surface area contributed by atoms with Gasteiger partial charge in [-0.15, -0.1) is 0 Å². The summed E-state index contributed by atoms with van der Waals surface area (Å²) in [5, 5.41) is 0. The Morgan fingerprint density at radius 3 is 2.42 bits per heavy atom. The molecule has 5 heteroatoms. The van der Waals surface area contributed by atoms with Crippen molar-refractivity contribution in [2.24, 2.45) is 5.92 Å². The van der Waals surface area contributed by atoms with Crippen molar-refractivity contribution >= 4 is 27.0 Å². The van der Waals surface area contributed by atoms with Crippen molar-refractivity contribution in [1.82, 2.24) is 0 Å². The van der Waals surface area contributed by atoms with E-state index in [1.807, 2.05) is 56.3 Å². The Bertz CT molecular complexity index is 859. The van der Waals surface area contributed by atoms with Gasteiger partial charge in [0.1, 0.15) is 0 Å². The van der Waals surface area contributed by atoms with Crippen molar-refractivity contribution in [3.63, 3.8) is 0 Å². The zero-order chi connectivity index (χ0) is 19.2. The molecule has 0 aliphatic heterocycles. The number of sulfonamides is 1. The van der Waals surface area contributed by atoms with Crippen molar-refractivity contribution in [3.8, 4) is 0 Å². The van der Waals surface area contributed by atoms with Gasteiger partial charge in [0, 0.05) is 0 Å². The Labute approximate surface area is 157 Å². The molecule has 4 nitrogen and oxygen atoms in total. The van der Waals surface area contributed by atoms with Gasteiger partial charge in [-0.05, 0) is 41.2 Å². The minimum atomic E-state index is -3.44. The van der Waals surface area contributed by atoms with E-state index in [1.54, 1.807) is 6.07 Å². The Kier molecular flexibility index (Phi) is 6.86. The van der Waals surface area contributed by atoms with Crippen LogP contribution in [0.3, 0.4) is 0 Å². The summed E-state index contributed by atoms with van der Waals surface area (Å²) in [6.45, 7) is 5.99. The molecule has 0 saturated heterocycles. The summed E-state index contributed by atoms with van der Waals surface area (Å²) in [5.74, 6) is 0.181. The van der Waals surface area contributed by atoms with Crippen molar-refractivity contribution in [3.05, 3.63) is 65.7 Å². The summed E-state index contributed by atoms with van der Waals surface area (Å²) >= 11 is 0. The van der Waals surface area contributed by atoms with E-state index in [0.29, 0.717) is 11.4 Å². The molecule has 0 spiro atoms. The summed E-state index contributed by atoms with van der Waals surface area (Å²) in [6.07, 6.45) is 3.83. The van der Waals surface area contributed by atoms with Crippen LogP contribution in [0.2, 0.25) is 0 Å². The standard InChI is InChI=1S/C21H28N2O2S/c1-4-9-19(17-10-7-6-8-11-17)18-12-13-20(22)21(14-18)23-26(24,25)15-16(3)5-2/h6-14,16,23H,4-5,15,22H2,1-3H3/b19-9+. The Hall–Kier alpha value is -2.27. The molecular weight excluding hydrogens is 344 g/mol. The number of anilines is 2. The number of rotatable bonds is 8. The maximum Gasteiger partial charge on any atom is 0.233 e. The zero-order valence-corrected chi connectivity index (χ0v) is 16.5. The van der Waals surface area contributed by atoms with Gasteiger partial charge < -0.3 is 5.73 Å². The lowest BCUT2D eigenvalue weighted by Gasteiger charge is -2.15. The van der Waals surface area contributed by atoms with Crippen LogP contribution in [0.15, 0.2) is 54.6 Å². The van der Waals surface area contributed by atoms with Crippen LogP contribution >= 0.6 is 0 Å². The van der Waals surface area contributed by atoms with Crippen LogP contribution in [0.25, 0.3) is 5.57 Å². The van der Waals surface area contributed by atoms with Crippen LogP contribution in [0.1, 0.15) is 44.7 Å². The Morgan fingerprint density at radius 2 is 1.81 bits per heavy atom. The van der Waals surface area contributed by atoms with Gasteiger partial charge in [-0.2, -0.15) is 0 Å². The van der Waals surface area contributed by atoms with Crippen LogP contribution in [0.5, 0.6) is 0 Å². The minimum Gasteiger partial charge on any atom is -0.397 e. The average molecular weight is 373 g/mol. The summed E-state index contributed by atoms with van der Waals surface area (Å²) in [7, 11) is -3.44. The molecule has 140 valence electrons. The van der Waals surface area contributed by atoms with E-state index >= 15 is 0 Å². The van der Waals surface area contributed by atoms with E-state index < -0.39 is 10.0 Å². The molecule has 2 rings (SSSR count). The van der Waals surface area contributed by atoms with Crippen LogP contribution < -0.4 is 10.5 Å². The lowest BCUT2D eigenvalue weighted by atomic mass is 9.96. The summed E-state index contributed by atoms with van der Waals surface area (Å²) in [5.41, 5.74) is 9.98. The molecule has 0 heterocycles. The highest BCUT2D eigenvalue weighted by molar-refractivity contribution is 7.92. The quantitative estimate of drug-likeness (QED) is 0.648. The third kappa shape index (κ3) is 5.36. The van der Waals surface area contributed by atoms with Gasteiger partial charge >= 0.3 is 0 Å². The second kappa shape index (κ2) is 8.90. The van der Waals surface area contributed by atoms with Gasteiger partial charge in [0.25, 0.3) is 0 Å². The first-order valence-electron chi connectivity index (χ1n) is 9.02. The topological polar surface area (TPSA) is 72.2 Å². The second-order valence-electron chi connectivity index (χ2n) is 6.59. The molecule has 0 aliphatic carbocycles. The molecule has 0 amide bonds. The lowest BCUT2D eigenvalue weighted by molar-refractivity contribution is 0.568. The molecule has 0 fully saturated rings. The molecule has 2 aromatic rings. The van der Waals surface area contributed by atoms with Crippen molar-refractivity contribution in [1.29, 1.82) is 0 Å². The highest BCUT2D eigenvalue weighted by Gasteiger charge is 2.17. The molecule has 1 unspecified atom stereocenters. The molecule has 0 bridgehead atoms. The molecule has 0 saturated carbocycles. The largest absolute Gasteiger partial charge is 0.397 e. The van der Waals surface area contributed by atoms with Crippen LogP contribution in [0, 0.1) is 5.92 Å². The van der Waals surface area contributed by atoms with Crippen molar-refractivity contribution in [2.75, 3.05) is 16.2 Å². The third-order valence-corrected chi connectivity index (χ3v) is 5.86. The summed E-state index contributed by atoms with van der Waals surface area (Å²) in [4.78, 5) is 0. The summed E-state index contributed by atoms with van der Waals surface area (Å²) < 4.78 is 27.5. The van der Waals surface area contributed by atoms with E-state index in [2.05, 4.69) is 17.7 Å². The van der Waals surface area contributed by atoms with E-state index in [1.165, 1.54) is 0 Å². The van der Waals surface area contributed by atoms with Crippen LogP contribution in [-0.4, -0.2) is 14.2 Å². The number of allylic oxidation sites excluding steroid dienone is 1. The molecule has 0 aliphatic rings. The molecule has 0 aromatic heterocycles. The average Bonchev–Trinajstić information content (AvgIpc) is 2.61. The highest BCUT2D eigenvalue weighted by Crippen LogP contribution is 2.30. The summed E-state index contributed by atoms with van der Waals surface area (Å²) in [6, 6.07) is 15.6. The highest BCUT2D eigenvalue weighted by atomic mass is 32.2. The number of hydrogen-bond acceptors (Lipinski definition) is 3.